The second kappa shape index (κ2) is 6.58. The van der Waals surface area contributed by atoms with E-state index in [2.05, 4.69) is 35.2 Å². The Morgan fingerprint density at radius 3 is 2.62 bits per heavy atom. The maximum Gasteiger partial charge on any atom is 0.236 e. The summed E-state index contributed by atoms with van der Waals surface area (Å²) >= 11 is 0. The first kappa shape index (κ1) is 14.5. The largest absolute Gasteiger partial charge is 0.340 e. The second-order valence-corrected chi connectivity index (χ2v) is 6.23. The van der Waals surface area contributed by atoms with E-state index >= 15 is 0 Å². The predicted molar refractivity (Wildman–Crippen MR) is 83.7 cm³/mol. The monoisotopic (exact) mass is 287 g/mol. The van der Waals surface area contributed by atoms with Crippen molar-refractivity contribution in [3.05, 3.63) is 35.9 Å². The van der Waals surface area contributed by atoms with Gasteiger partial charge in [-0.2, -0.15) is 0 Å². The van der Waals surface area contributed by atoms with Gasteiger partial charge in [0, 0.05) is 31.7 Å². The number of carbonyl (C=O) groups excluding carboxylic acids is 1. The molecule has 3 rings (SSSR count). The van der Waals surface area contributed by atoms with Gasteiger partial charge in [-0.05, 0) is 31.2 Å². The third kappa shape index (κ3) is 3.63. The van der Waals surface area contributed by atoms with Gasteiger partial charge in [-0.1, -0.05) is 30.3 Å². The number of amides is 1. The zero-order valence-corrected chi connectivity index (χ0v) is 12.6. The Morgan fingerprint density at radius 1 is 1.19 bits per heavy atom. The van der Waals surface area contributed by atoms with Crippen LogP contribution in [-0.4, -0.2) is 47.4 Å². The molecule has 1 amide bonds. The number of hydrogen-bond donors (Lipinski definition) is 1. The molecule has 0 radical (unpaired) electrons. The first-order valence-corrected chi connectivity index (χ1v) is 8.05. The van der Waals surface area contributed by atoms with Crippen LogP contribution in [0, 0.1) is 0 Å². The van der Waals surface area contributed by atoms with Crippen LogP contribution < -0.4 is 5.73 Å². The third-order valence-electron chi connectivity index (χ3n) is 4.62. The molecule has 2 N–H and O–H groups in total. The average molecular weight is 287 g/mol. The molecular weight excluding hydrogens is 262 g/mol. The number of likely N-dealkylation sites (tertiary alicyclic amines) is 1. The summed E-state index contributed by atoms with van der Waals surface area (Å²) < 4.78 is 0. The summed E-state index contributed by atoms with van der Waals surface area (Å²) in [6, 6.07) is 11.9. The normalized spacial score (nSPS) is 22.6. The molecule has 0 spiro atoms. The van der Waals surface area contributed by atoms with Gasteiger partial charge in [-0.15, -0.1) is 0 Å². The van der Waals surface area contributed by atoms with Crippen LogP contribution in [0.15, 0.2) is 30.3 Å². The minimum absolute atomic E-state index is 0.0927. The lowest BCUT2D eigenvalue weighted by molar-refractivity contribution is -0.131. The van der Waals surface area contributed by atoms with Crippen molar-refractivity contribution < 1.29 is 4.79 Å². The molecule has 21 heavy (non-hydrogen) atoms. The van der Waals surface area contributed by atoms with Crippen molar-refractivity contribution in [2.24, 2.45) is 5.73 Å². The summed E-state index contributed by atoms with van der Waals surface area (Å²) in [5.74, 6) is 0.0927. The average Bonchev–Trinajstić information content (AvgIpc) is 3.38. The van der Waals surface area contributed by atoms with Gasteiger partial charge in [0.1, 0.15) is 0 Å². The van der Waals surface area contributed by atoms with E-state index in [1.807, 2.05) is 4.90 Å². The maximum atomic E-state index is 11.9. The summed E-state index contributed by atoms with van der Waals surface area (Å²) in [6.07, 6.45) is 4.88. The van der Waals surface area contributed by atoms with Crippen molar-refractivity contribution >= 4 is 5.91 Å². The molecule has 1 saturated carbocycles. The molecule has 1 saturated heterocycles. The van der Waals surface area contributed by atoms with Crippen LogP contribution >= 0.6 is 0 Å². The van der Waals surface area contributed by atoms with Crippen molar-refractivity contribution in [3.63, 3.8) is 0 Å². The van der Waals surface area contributed by atoms with Crippen LogP contribution in [0.4, 0.5) is 0 Å². The molecule has 1 aliphatic carbocycles. The first-order chi connectivity index (χ1) is 10.3. The van der Waals surface area contributed by atoms with Crippen LogP contribution in [0.1, 0.15) is 31.2 Å². The predicted octanol–water partition coefficient (Wildman–Crippen LogP) is 1.60. The number of piperidine rings is 1. The minimum atomic E-state index is 0.0927. The van der Waals surface area contributed by atoms with E-state index in [0.29, 0.717) is 12.1 Å². The molecule has 1 aromatic carbocycles. The summed E-state index contributed by atoms with van der Waals surface area (Å²) in [6.45, 7) is 2.85. The molecule has 114 valence electrons. The molecule has 4 heteroatoms. The van der Waals surface area contributed by atoms with Crippen LogP contribution in [0.2, 0.25) is 0 Å². The number of nitrogens with zero attached hydrogens (tertiary/aromatic N) is 2. The maximum absolute atomic E-state index is 11.9. The Balaban J connectivity index is 1.67. The van der Waals surface area contributed by atoms with Gasteiger partial charge in [0.25, 0.3) is 0 Å². The van der Waals surface area contributed by atoms with E-state index in [0.717, 1.165) is 26.1 Å². The van der Waals surface area contributed by atoms with Crippen molar-refractivity contribution in [2.45, 2.75) is 44.3 Å². The highest BCUT2D eigenvalue weighted by molar-refractivity contribution is 5.78. The quantitative estimate of drug-likeness (QED) is 0.895. The molecule has 0 bridgehead atoms. The molecule has 0 unspecified atom stereocenters. The SMILES string of the molecule is NCC(=O)N1CCC[C@@H](N(Cc2ccccc2)C2CC2)C1. The van der Waals surface area contributed by atoms with Crippen molar-refractivity contribution in [1.82, 2.24) is 9.80 Å². The van der Waals surface area contributed by atoms with E-state index in [1.54, 1.807) is 0 Å². The Labute approximate surface area is 126 Å². The fourth-order valence-corrected chi connectivity index (χ4v) is 3.34. The van der Waals surface area contributed by atoms with Gasteiger partial charge >= 0.3 is 0 Å². The van der Waals surface area contributed by atoms with Crippen molar-refractivity contribution in [2.75, 3.05) is 19.6 Å². The Morgan fingerprint density at radius 2 is 1.95 bits per heavy atom. The van der Waals surface area contributed by atoms with E-state index in [-0.39, 0.29) is 12.5 Å². The molecule has 1 heterocycles. The summed E-state index contributed by atoms with van der Waals surface area (Å²) in [4.78, 5) is 16.4. The lowest BCUT2D eigenvalue weighted by Crippen LogP contribution is -2.51. The Kier molecular flexibility index (Phi) is 4.56. The van der Waals surface area contributed by atoms with Gasteiger partial charge in [0.2, 0.25) is 5.91 Å². The van der Waals surface area contributed by atoms with Gasteiger partial charge in [0.15, 0.2) is 0 Å². The third-order valence-corrected chi connectivity index (χ3v) is 4.62. The van der Waals surface area contributed by atoms with E-state index in [1.165, 1.54) is 24.8 Å². The zero-order valence-electron chi connectivity index (χ0n) is 12.6. The van der Waals surface area contributed by atoms with Crippen molar-refractivity contribution in [1.29, 1.82) is 0 Å². The van der Waals surface area contributed by atoms with Crippen LogP contribution in [-0.2, 0) is 11.3 Å². The number of nitrogens with two attached hydrogens (primary N) is 1. The molecular formula is C17H25N3O. The summed E-state index contributed by atoms with van der Waals surface area (Å²) in [7, 11) is 0. The van der Waals surface area contributed by atoms with Crippen LogP contribution in [0.5, 0.6) is 0 Å². The van der Waals surface area contributed by atoms with Gasteiger partial charge in [0.05, 0.1) is 6.54 Å². The lowest BCUT2D eigenvalue weighted by atomic mass is 10.0. The highest BCUT2D eigenvalue weighted by atomic mass is 16.2. The van der Waals surface area contributed by atoms with E-state index < -0.39 is 0 Å². The first-order valence-electron chi connectivity index (χ1n) is 8.05. The summed E-state index contributed by atoms with van der Waals surface area (Å²) in [5.41, 5.74) is 6.88. The van der Waals surface area contributed by atoms with Gasteiger partial charge in [-0.3, -0.25) is 9.69 Å². The lowest BCUT2D eigenvalue weighted by Gasteiger charge is -2.39. The number of carbonyl (C=O) groups is 1. The highest BCUT2D eigenvalue weighted by Gasteiger charge is 2.36. The van der Waals surface area contributed by atoms with Gasteiger partial charge < -0.3 is 10.6 Å². The number of hydrogen-bond acceptors (Lipinski definition) is 3. The fourth-order valence-electron chi connectivity index (χ4n) is 3.34. The molecule has 4 nitrogen and oxygen atoms in total. The molecule has 2 aliphatic rings. The summed E-state index contributed by atoms with van der Waals surface area (Å²) in [5, 5.41) is 0. The number of benzene rings is 1. The molecule has 1 aliphatic heterocycles. The highest BCUT2D eigenvalue weighted by Crippen LogP contribution is 2.32. The molecule has 2 fully saturated rings. The standard InChI is InChI=1S/C17H25N3O/c18-11-17(21)19-10-4-7-16(13-19)20(15-8-9-15)12-14-5-2-1-3-6-14/h1-3,5-6,15-16H,4,7-13,18H2/t16-/m1/s1. The molecule has 1 atom stereocenters. The van der Waals surface area contributed by atoms with E-state index in [9.17, 15) is 4.79 Å². The molecule has 1 aromatic rings. The second-order valence-electron chi connectivity index (χ2n) is 6.23. The van der Waals surface area contributed by atoms with Crippen LogP contribution in [0.25, 0.3) is 0 Å². The fraction of sp³-hybridized carbons (Fsp3) is 0.588. The van der Waals surface area contributed by atoms with E-state index in [4.69, 9.17) is 5.73 Å². The van der Waals surface area contributed by atoms with Crippen LogP contribution in [0.3, 0.4) is 0 Å². The van der Waals surface area contributed by atoms with Crippen molar-refractivity contribution in [3.8, 4) is 0 Å². The zero-order chi connectivity index (χ0) is 14.7. The topological polar surface area (TPSA) is 49.6 Å². The Bertz CT molecular complexity index is 472. The molecule has 0 aromatic heterocycles. The van der Waals surface area contributed by atoms with Gasteiger partial charge in [-0.25, -0.2) is 0 Å². The number of rotatable bonds is 5. The Hall–Kier alpha value is -1.39. The smallest absolute Gasteiger partial charge is 0.236 e. The minimum Gasteiger partial charge on any atom is -0.340 e.